The Hall–Kier alpha value is -3.24. The van der Waals surface area contributed by atoms with Crippen molar-refractivity contribution in [3.05, 3.63) is 64.0 Å². The van der Waals surface area contributed by atoms with Crippen molar-refractivity contribution in [1.29, 1.82) is 5.26 Å². The first kappa shape index (κ1) is 20.0. The molecule has 1 N–H and O–H groups in total. The summed E-state index contributed by atoms with van der Waals surface area (Å²) in [7, 11) is 0. The lowest BCUT2D eigenvalue weighted by molar-refractivity contribution is 0.0534. The molecule has 2 aromatic rings. The fraction of sp³-hybridized carbons (Fsp3) is 0.391. The van der Waals surface area contributed by atoms with E-state index in [4.69, 9.17) is 10.00 Å². The highest BCUT2D eigenvalue weighted by atomic mass is 16.5. The Kier molecular flexibility index (Phi) is 5.77. The van der Waals surface area contributed by atoms with Crippen LogP contribution in [0.4, 0.5) is 0 Å². The highest BCUT2D eigenvalue weighted by Crippen LogP contribution is 2.26. The largest absolute Gasteiger partial charge is 0.457 e. The molecule has 1 amide bonds. The molecule has 3 heterocycles. The Balaban J connectivity index is 1.26. The quantitative estimate of drug-likeness (QED) is 0.769. The average molecular weight is 404 g/mol. The van der Waals surface area contributed by atoms with Gasteiger partial charge in [0.25, 0.3) is 5.91 Å². The van der Waals surface area contributed by atoms with Crippen molar-refractivity contribution >= 4 is 11.9 Å². The van der Waals surface area contributed by atoms with Gasteiger partial charge >= 0.3 is 5.97 Å². The second-order valence-electron chi connectivity index (χ2n) is 7.84. The lowest BCUT2D eigenvalue weighted by atomic mass is 9.96. The third kappa shape index (κ3) is 4.19. The first-order chi connectivity index (χ1) is 14.5. The van der Waals surface area contributed by atoms with Crippen molar-refractivity contribution in [1.82, 2.24) is 15.2 Å². The Bertz CT molecular complexity index is 1000. The summed E-state index contributed by atoms with van der Waals surface area (Å²) in [6.45, 7) is 5.25. The Labute approximate surface area is 175 Å². The number of fused-ring (bicyclic) bond motifs is 1. The van der Waals surface area contributed by atoms with E-state index in [-0.39, 0.29) is 17.9 Å². The van der Waals surface area contributed by atoms with Crippen LogP contribution in [0.2, 0.25) is 0 Å². The lowest BCUT2D eigenvalue weighted by Crippen LogP contribution is -2.45. The van der Waals surface area contributed by atoms with Crippen LogP contribution in [0.1, 0.15) is 55.9 Å². The van der Waals surface area contributed by atoms with Gasteiger partial charge in [-0.05, 0) is 55.5 Å². The predicted molar refractivity (Wildman–Crippen MR) is 110 cm³/mol. The van der Waals surface area contributed by atoms with E-state index >= 15 is 0 Å². The number of hydrogen-bond acceptors (Lipinski definition) is 6. The summed E-state index contributed by atoms with van der Waals surface area (Å²) in [4.78, 5) is 30.5. The maximum atomic E-state index is 12.4. The fourth-order valence-electron chi connectivity index (χ4n) is 4.10. The van der Waals surface area contributed by atoms with Gasteiger partial charge in [0.05, 0.1) is 11.1 Å². The van der Waals surface area contributed by atoms with E-state index in [1.165, 1.54) is 11.8 Å². The number of aromatic nitrogens is 1. The molecular formula is C23H24N4O3. The highest BCUT2D eigenvalue weighted by molar-refractivity contribution is 5.94. The molecule has 30 heavy (non-hydrogen) atoms. The Morgan fingerprint density at radius 3 is 2.80 bits per heavy atom. The van der Waals surface area contributed by atoms with E-state index in [1.54, 1.807) is 12.1 Å². The minimum atomic E-state index is -0.222. The van der Waals surface area contributed by atoms with Crippen LogP contribution in [0, 0.1) is 18.3 Å². The molecule has 0 saturated carbocycles. The number of ether oxygens (including phenoxy) is 1. The van der Waals surface area contributed by atoms with E-state index in [1.807, 2.05) is 18.2 Å². The topological polar surface area (TPSA) is 95.3 Å². The van der Waals surface area contributed by atoms with E-state index in [2.05, 4.69) is 22.1 Å². The molecule has 0 radical (unpaired) electrons. The molecule has 2 aliphatic heterocycles. The molecule has 2 aliphatic rings. The number of nitriles is 1. The van der Waals surface area contributed by atoms with Crippen molar-refractivity contribution < 1.29 is 14.3 Å². The van der Waals surface area contributed by atoms with Crippen LogP contribution in [0.5, 0.6) is 0 Å². The van der Waals surface area contributed by atoms with Gasteiger partial charge in [-0.25, -0.2) is 9.78 Å². The predicted octanol–water partition coefficient (Wildman–Crippen LogP) is 2.37. The van der Waals surface area contributed by atoms with Gasteiger partial charge in [0.15, 0.2) is 0 Å². The van der Waals surface area contributed by atoms with Crippen LogP contribution in [-0.2, 0) is 17.8 Å². The molecule has 1 saturated heterocycles. The minimum absolute atomic E-state index is 0.135. The van der Waals surface area contributed by atoms with Crippen molar-refractivity contribution in [2.24, 2.45) is 0 Å². The van der Waals surface area contributed by atoms with Crippen molar-refractivity contribution in [2.45, 2.75) is 38.8 Å². The fourth-order valence-corrected chi connectivity index (χ4v) is 4.10. The zero-order valence-corrected chi connectivity index (χ0v) is 17.0. The number of esters is 1. The maximum Gasteiger partial charge on any atom is 0.338 e. The number of hydrogen-bond donors (Lipinski definition) is 1. The van der Waals surface area contributed by atoms with Crippen molar-refractivity contribution in [3.8, 4) is 6.07 Å². The number of likely N-dealkylation sites (tertiary alicyclic amines) is 1. The van der Waals surface area contributed by atoms with E-state index in [0.717, 1.165) is 50.0 Å². The zero-order valence-electron chi connectivity index (χ0n) is 17.0. The van der Waals surface area contributed by atoms with Crippen LogP contribution < -0.4 is 5.32 Å². The van der Waals surface area contributed by atoms with Gasteiger partial charge in [-0.3, -0.25) is 4.79 Å². The molecule has 1 aromatic heterocycles. The van der Waals surface area contributed by atoms with E-state index in [0.29, 0.717) is 23.4 Å². The molecule has 4 rings (SSSR count). The maximum absolute atomic E-state index is 12.4. The molecule has 1 aromatic carbocycles. The number of cyclic esters (lactones) is 1. The van der Waals surface area contributed by atoms with Gasteiger partial charge in [0, 0.05) is 37.4 Å². The third-order valence-electron chi connectivity index (χ3n) is 6.02. The SMILES string of the molecule is Cc1c(CCN2CCC(NC(=O)c3ccc(C#N)cn3)CC2)ccc2c1COC2=O. The van der Waals surface area contributed by atoms with E-state index < -0.39 is 0 Å². The first-order valence-electron chi connectivity index (χ1n) is 10.2. The molecule has 7 nitrogen and oxygen atoms in total. The molecule has 7 heteroatoms. The van der Waals surface area contributed by atoms with Gasteiger partial charge < -0.3 is 15.0 Å². The van der Waals surface area contributed by atoms with E-state index in [9.17, 15) is 9.59 Å². The van der Waals surface area contributed by atoms with Crippen LogP contribution in [0.15, 0.2) is 30.5 Å². The van der Waals surface area contributed by atoms with Crippen molar-refractivity contribution in [3.63, 3.8) is 0 Å². The summed E-state index contributed by atoms with van der Waals surface area (Å²) >= 11 is 0. The van der Waals surface area contributed by atoms with Gasteiger partial charge in [-0.1, -0.05) is 6.07 Å². The number of nitrogens with zero attached hydrogens (tertiary/aromatic N) is 3. The monoisotopic (exact) mass is 404 g/mol. The summed E-state index contributed by atoms with van der Waals surface area (Å²) < 4.78 is 5.14. The summed E-state index contributed by atoms with van der Waals surface area (Å²) in [6, 6.07) is 9.24. The normalized spacial score (nSPS) is 16.6. The van der Waals surface area contributed by atoms with Crippen LogP contribution >= 0.6 is 0 Å². The number of rotatable bonds is 5. The average Bonchev–Trinajstić information content (AvgIpc) is 3.16. The minimum Gasteiger partial charge on any atom is -0.457 e. The van der Waals surface area contributed by atoms with Crippen LogP contribution in [0.3, 0.4) is 0 Å². The molecular weight excluding hydrogens is 380 g/mol. The summed E-state index contributed by atoms with van der Waals surface area (Å²) in [5.74, 6) is -0.413. The second kappa shape index (κ2) is 8.64. The molecule has 1 fully saturated rings. The molecule has 0 unspecified atom stereocenters. The summed E-state index contributed by atoms with van der Waals surface area (Å²) in [5, 5.41) is 11.9. The third-order valence-corrected chi connectivity index (χ3v) is 6.02. The standard InChI is InChI=1S/C23H24N4O3/c1-15-17(3-4-19-20(15)14-30-23(19)29)6-9-27-10-7-18(8-11-27)26-22(28)21-5-2-16(12-24)13-25-21/h2-5,13,18H,6-11,14H2,1H3,(H,26,28). The number of carbonyl (C=O) groups is 2. The highest BCUT2D eigenvalue weighted by Gasteiger charge is 2.25. The van der Waals surface area contributed by atoms with Crippen LogP contribution in [-0.4, -0.2) is 47.4 Å². The smallest absolute Gasteiger partial charge is 0.338 e. The van der Waals surface area contributed by atoms with Gasteiger partial charge in [0.1, 0.15) is 18.4 Å². The number of pyridine rings is 1. The molecule has 154 valence electrons. The second-order valence-corrected chi connectivity index (χ2v) is 7.84. The summed E-state index contributed by atoms with van der Waals surface area (Å²) in [6.07, 6.45) is 4.14. The lowest BCUT2D eigenvalue weighted by Gasteiger charge is -2.32. The molecule has 0 aliphatic carbocycles. The van der Waals surface area contributed by atoms with Gasteiger partial charge in [0.2, 0.25) is 0 Å². The number of benzene rings is 1. The number of piperidine rings is 1. The number of nitrogens with one attached hydrogen (secondary N) is 1. The number of amides is 1. The van der Waals surface area contributed by atoms with Crippen molar-refractivity contribution in [2.75, 3.05) is 19.6 Å². The van der Waals surface area contributed by atoms with Gasteiger partial charge in [-0.2, -0.15) is 5.26 Å². The molecule has 0 spiro atoms. The van der Waals surface area contributed by atoms with Crippen LogP contribution in [0.25, 0.3) is 0 Å². The Morgan fingerprint density at radius 1 is 1.30 bits per heavy atom. The van der Waals surface area contributed by atoms with Gasteiger partial charge in [-0.15, -0.1) is 0 Å². The molecule has 0 bridgehead atoms. The summed E-state index contributed by atoms with van der Waals surface area (Å²) in [5.41, 5.74) is 4.92. The number of carbonyl (C=O) groups excluding carboxylic acids is 2. The first-order valence-corrected chi connectivity index (χ1v) is 10.2. The Morgan fingerprint density at radius 2 is 2.10 bits per heavy atom. The molecule has 0 atom stereocenters. The zero-order chi connectivity index (χ0) is 21.1.